The van der Waals surface area contributed by atoms with Crippen molar-refractivity contribution in [3.63, 3.8) is 0 Å². The predicted molar refractivity (Wildman–Crippen MR) is 248 cm³/mol. The molecule has 0 saturated heterocycles. The Morgan fingerprint density at radius 2 is 0.700 bits per heavy atom. The molecule has 0 saturated carbocycles. The van der Waals surface area contributed by atoms with E-state index in [0.29, 0.717) is 21.9 Å². The van der Waals surface area contributed by atoms with Crippen molar-refractivity contribution in [2.45, 2.75) is 0 Å². The third-order valence-electron chi connectivity index (χ3n) is 12.4. The van der Waals surface area contributed by atoms with Crippen molar-refractivity contribution >= 4 is 87.4 Å². The van der Waals surface area contributed by atoms with Gasteiger partial charge in [-0.15, -0.1) is 0 Å². The minimum atomic E-state index is -0.0232. The second-order valence-corrected chi connectivity index (χ2v) is 15.7. The van der Waals surface area contributed by atoms with Crippen LogP contribution < -0.4 is 5.43 Å². The third kappa shape index (κ3) is 4.66. The molecule has 0 atom stereocenters. The smallest absolute Gasteiger partial charge is 0.200 e. The Bertz CT molecular complexity index is 3920. The summed E-state index contributed by atoms with van der Waals surface area (Å²) >= 11 is 0. The van der Waals surface area contributed by atoms with Gasteiger partial charge in [-0.1, -0.05) is 97.1 Å². The van der Waals surface area contributed by atoms with Gasteiger partial charge in [-0.25, -0.2) is 0 Å². The SMILES string of the molecule is O=c1c2ccccc2oc2cc(-n3c4ccc(-c5ccc6c(c5)c5ccccc5n6-c5ccccc5)cc4c4cc(-n5c6ccccc6c6ccccc65)ccc43)ccc12. The van der Waals surface area contributed by atoms with Crippen molar-refractivity contribution in [3.05, 3.63) is 210 Å². The molecule has 0 spiro atoms. The molecular weight excluding hydrogens is 735 g/mol. The van der Waals surface area contributed by atoms with Crippen LogP contribution in [0.25, 0.3) is 116 Å². The molecule has 4 heterocycles. The first kappa shape index (κ1) is 32.9. The summed E-state index contributed by atoms with van der Waals surface area (Å²) in [6.07, 6.45) is 0. The molecule has 0 N–H and O–H groups in total. The van der Waals surface area contributed by atoms with Crippen LogP contribution in [-0.2, 0) is 0 Å². The van der Waals surface area contributed by atoms with Crippen LogP contribution in [0.5, 0.6) is 0 Å². The van der Waals surface area contributed by atoms with Crippen molar-refractivity contribution in [1.82, 2.24) is 13.7 Å². The lowest BCUT2D eigenvalue weighted by Crippen LogP contribution is -2.03. The molecule has 0 fully saturated rings. The van der Waals surface area contributed by atoms with Crippen LogP contribution in [0.2, 0.25) is 0 Å². The molecule has 0 bridgehead atoms. The number of hydrogen-bond donors (Lipinski definition) is 0. The second-order valence-electron chi connectivity index (χ2n) is 15.7. The number of para-hydroxylation sites is 5. The van der Waals surface area contributed by atoms with Crippen molar-refractivity contribution in [2.75, 3.05) is 0 Å². The maximum atomic E-state index is 13.6. The van der Waals surface area contributed by atoms with Crippen molar-refractivity contribution < 1.29 is 4.42 Å². The van der Waals surface area contributed by atoms with E-state index in [2.05, 4.69) is 171 Å². The van der Waals surface area contributed by atoms with Gasteiger partial charge in [0, 0.05) is 55.4 Å². The first-order valence-corrected chi connectivity index (χ1v) is 20.3. The highest BCUT2D eigenvalue weighted by Crippen LogP contribution is 2.40. The number of benzene rings is 9. The van der Waals surface area contributed by atoms with Gasteiger partial charge in [0.1, 0.15) is 11.2 Å². The fourth-order valence-corrected chi connectivity index (χ4v) is 9.75. The van der Waals surface area contributed by atoms with E-state index in [1.165, 1.54) is 43.6 Å². The average molecular weight is 768 g/mol. The number of aromatic nitrogens is 3. The monoisotopic (exact) mass is 767 g/mol. The quantitative estimate of drug-likeness (QED) is 0.167. The Kier molecular flexibility index (Phi) is 6.81. The van der Waals surface area contributed by atoms with E-state index in [1.807, 2.05) is 42.5 Å². The largest absolute Gasteiger partial charge is 0.456 e. The van der Waals surface area contributed by atoms with Gasteiger partial charge in [-0.2, -0.15) is 0 Å². The molecule has 5 nitrogen and oxygen atoms in total. The number of nitrogens with zero attached hydrogens (tertiary/aromatic N) is 3. The third-order valence-corrected chi connectivity index (χ3v) is 12.4. The average Bonchev–Trinajstić information content (AvgIpc) is 3.94. The molecule has 0 unspecified atom stereocenters. The highest BCUT2D eigenvalue weighted by molar-refractivity contribution is 6.14. The maximum absolute atomic E-state index is 13.6. The van der Waals surface area contributed by atoms with E-state index in [1.54, 1.807) is 0 Å². The highest BCUT2D eigenvalue weighted by Gasteiger charge is 2.19. The summed E-state index contributed by atoms with van der Waals surface area (Å²) in [4.78, 5) is 13.6. The molecule has 0 radical (unpaired) electrons. The molecule has 9 aromatic carbocycles. The minimum Gasteiger partial charge on any atom is -0.456 e. The zero-order valence-electron chi connectivity index (χ0n) is 32.2. The van der Waals surface area contributed by atoms with Gasteiger partial charge in [0.05, 0.1) is 43.9 Å². The van der Waals surface area contributed by atoms with Crippen LogP contribution in [0.4, 0.5) is 0 Å². The zero-order valence-corrected chi connectivity index (χ0v) is 32.2. The van der Waals surface area contributed by atoms with Crippen LogP contribution >= 0.6 is 0 Å². The van der Waals surface area contributed by atoms with E-state index in [0.717, 1.165) is 50.0 Å². The standard InChI is InChI=1S/C55H33N3O2/c59-55-42-17-7-11-21-53(42)60-54-33-38(24-26-43(54)55)58-51-28-23-35(34-22-27-50-44(30-34)41-16-6-10-20-49(41)56(50)36-12-2-1-3-13-36)31-45(51)46-32-37(25-29-52(46)58)57-47-18-8-4-14-39(47)40-15-5-9-19-48(40)57/h1-33H. The molecule has 0 amide bonds. The van der Waals surface area contributed by atoms with E-state index < -0.39 is 0 Å². The molecule has 60 heavy (non-hydrogen) atoms. The Morgan fingerprint density at radius 1 is 0.283 bits per heavy atom. The lowest BCUT2D eigenvalue weighted by atomic mass is 10.0. The molecule has 4 aromatic heterocycles. The Hall–Kier alpha value is -8.15. The van der Waals surface area contributed by atoms with Gasteiger partial charge in [0.15, 0.2) is 0 Å². The first-order chi connectivity index (χ1) is 29.7. The van der Waals surface area contributed by atoms with Gasteiger partial charge in [-0.05, 0) is 108 Å². The Labute approximate surface area is 342 Å². The predicted octanol–water partition coefficient (Wildman–Crippen LogP) is 13.9. The van der Waals surface area contributed by atoms with E-state index >= 15 is 0 Å². The fraction of sp³-hybridized carbons (Fsp3) is 0. The fourth-order valence-electron chi connectivity index (χ4n) is 9.75. The summed E-state index contributed by atoms with van der Waals surface area (Å²) in [5.74, 6) is 0. The highest BCUT2D eigenvalue weighted by atomic mass is 16.3. The van der Waals surface area contributed by atoms with Crippen LogP contribution in [-0.4, -0.2) is 13.7 Å². The lowest BCUT2D eigenvalue weighted by molar-refractivity contribution is 0.659. The van der Waals surface area contributed by atoms with Crippen molar-refractivity contribution in [2.24, 2.45) is 0 Å². The van der Waals surface area contributed by atoms with Gasteiger partial charge in [-0.3, -0.25) is 4.79 Å². The minimum absolute atomic E-state index is 0.0232. The topological polar surface area (TPSA) is 45.0 Å². The summed E-state index contributed by atoms with van der Waals surface area (Å²) in [6.45, 7) is 0. The van der Waals surface area contributed by atoms with Gasteiger partial charge in [0.25, 0.3) is 0 Å². The first-order valence-electron chi connectivity index (χ1n) is 20.3. The number of rotatable bonds is 4. The number of hydrogen-bond acceptors (Lipinski definition) is 2. The summed E-state index contributed by atoms with van der Waals surface area (Å²) in [7, 11) is 0. The van der Waals surface area contributed by atoms with Gasteiger partial charge < -0.3 is 18.1 Å². The van der Waals surface area contributed by atoms with Crippen LogP contribution in [0.1, 0.15) is 0 Å². The Morgan fingerprint density at radius 3 is 1.33 bits per heavy atom. The molecule has 0 aliphatic heterocycles. The molecule has 13 rings (SSSR count). The lowest BCUT2D eigenvalue weighted by Gasteiger charge is -2.11. The second kappa shape index (κ2) is 12.4. The molecule has 5 heteroatoms. The summed E-state index contributed by atoms with van der Waals surface area (Å²) in [5, 5.41) is 8.32. The number of fused-ring (bicyclic) bond motifs is 11. The summed E-state index contributed by atoms with van der Waals surface area (Å²) < 4.78 is 13.4. The van der Waals surface area contributed by atoms with E-state index in [4.69, 9.17) is 4.42 Å². The molecule has 280 valence electrons. The van der Waals surface area contributed by atoms with Crippen LogP contribution in [0, 0.1) is 0 Å². The summed E-state index contributed by atoms with van der Waals surface area (Å²) in [5.41, 5.74) is 13.4. The Balaban J connectivity index is 1.06. The van der Waals surface area contributed by atoms with Crippen LogP contribution in [0.15, 0.2) is 209 Å². The summed E-state index contributed by atoms with van der Waals surface area (Å²) in [6, 6.07) is 70.4. The van der Waals surface area contributed by atoms with Crippen molar-refractivity contribution in [1.29, 1.82) is 0 Å². The maximum Gasteiger partial charge on any atom is 0.200 e. The van der Waals surface area contributed by atoms with Crippen LogP contribution in [0.3, 0.4) is 0 Å². The van der Waals surface area contributed by atoms with E-state index in [-0.39, 0.29) is 5.43 Å². The molecular formula is C55H33N3O2. The van der Waals surface area contributed by atoms with E-state index in [9.17, 15) is 4.79 Å². The van der Waals surface area contributed by atoms with Gasteiger partial charge in [0.2, 0.25) is 5.43 Å². The van der Waals surface area contributed by atoms with Crippen molar-refractivity contribution in [3.8, 4) is 28.2 Å². The molecule has 0 aliphatic carbocycles. The zero-order chi connectivity index (χ0) is 39.5. The normalized spacial score (nSPS) is 12.1. The molecule has 13 aromatic rings. The molecule has 0 aliphatic rings. The van der Waals surface area contributed by atoms with Gasteiger partial charge >= 0.3 is 0 Å².